The van der Waals surface area contributed by atoms with Crippen molar-refractivity contribution in [1.29, 1.82) is 0 Å². The predicted octanol–water partition coefficient (Wildman–Crippen LogP) is 1.32. The number of rotatable bonds is 3. The fourth-order valence-electron chi connectivity index (χ4n) is 2.38. The Labute approximate surface area is 106 Å². The van der Waals surface area contributed by atoms with Crippen molar-refractivity contribution < 1.29 is 4.92 Å². The molecule has 6 heteroatoms. The van der Waals surface area contributed by atoms with Gasteiger partial charge in [-0.1, -0.05) is 6.07 Å². The van der Waals surface area contributed by atoms with Crippen molar-refractivity contribution in [3.8, 4) is 0 Å². The van der Waals surface area contributed by atoms with Gasteiger partial charge in [0.25, 0.3) is 0 Å². The molecule has 0 spiro atoms. The zero-order chi connectivity index (χ0) is 13.3. The number of nitro groups is 1. The van der Waals surface area contributed by atoms with Crippen LogP contribution >= 0.6 is 0 Å². The number of likely N-dealkylation sites (N-methyl/N-ethyl adjacent to an activating group) is 1. The molecule has 0 amide bonds. The second-order valence-corrected chi connectivity index (χ2v) is 4.82. The van der Waals surface area contributed by atoms with Gasteiger partial charge >= 0.3 is 5.69 Å². The summed E-state index contributed by atoms with van der Waals surface area (Å²) in [5.74, 6) is 0. The number of nitrogens with two attached hydrogens (primary N) is 1. The predicted molar refractivity (Wildman–Crippen MR) is 71.8 cm³/mol. The van der Waals surface area contributed by atoms with E-state index in [1.165, 1.54) is 0 Å². The molecule has 98 valence electrons. The number of benzene rings is 1. The quantitative estimate of drug-likeness (QED) is 0.497. The molecule has 1 aliphatic rings. The van der Waals surface area contributed by atoms with Crippen LogP contribution in [0, 0.1) is 10.1 Å². The van der Waals surface area contributed by atoms with Gasteiger partial charge in [-0.25, -0.2) is 0 Å². The second-order valence-electron chi connectivity index (χ2n) is 4.82. The van der Waals surface area contributed by atoms with E-state index >= 15 is 0 Å². The lowest BCUT2D eigenvalue weighted by Gasteiger charge is -2.21. The van der Waals surface area contributed by atoms with E-state index in [1.54, 1.807) is 18.2 Å². The van der Waals surface area contributed by atoms with Crippen molar-refractivity contribution in [2.24, 2.45) is 0 Å². The van der Waals surface area contributed by atoms with Gasteiger partial charge < -0.3 is 15.5 Å². The van der Waals surface area contributed by atoms with E-state index in [1.807, 2.05) is 19.0 Å². The van der Waals surface area contributed by atoms with Crippen LogP contribution in [0.1, 0.15) is 6.42 Å². The molecule has 2 N–H and O–H groups in total. The van der Waals surface area contributed by atoms with Gasteiger partial charge in [-0.3, -0.25) is 10.1 Å². The van der Waals surface area contributed by atoms with E-state index in [-0.39, 0.29) is 11.4 Å². The Morgan fingerprint density at radius 3 is 2.78 bits per heavy atom. The molecule has 1 heterocycles. The van der Waals surface area contributed by atoms with Crippen LogP contribution in [0.15, 0.2) is 18.2 Å². The minimum absolute atomic E-state index is 0.0249. The first-order valence-electron chi connectivity index (χ1n) is 5.95. The van der Waals surface area contributed by atoms with Crippen LogP contribution in [-0.2, 0) is 0 Å². The van der Waals surface area contributed by atoms with Crippen LogP contribution in [0.25, 0.3) is 0 Å². The van der Waals surface area contributed by atoms with Crippen molar-refractivity contribution >= 4 is 17.1 Å². The molecule has 1 unspecified atom stereocenters. The molecule has 1 aromatic rings. The van der Waals surface area contributed by atoms with Crippen LogP contribution in [0.2, 0.25) is 0 Å². The van der Waals surface area contributed by atoms with E-state index in [4.69, 9.17) is 5.73 Å². The third kappa shape index (κ3) is 2.24. The maximum Gasteiger partial charge on any atom is 0.315 e. The number of nitro benzene ring substituents is 1. The third-order valence-corrected chi connectivity index (χ3v) is 3.46. The molecule has 1 fully saturated rings. The van der Waals surface area contributed by atoms with Gasteiger partial charge in [0, 0.05) is 19.1 Å². The summed E-state index contributed by atoms with van der Waals surface area (Å²) in [6.45, 7) is 1.63. The summed E-state index contributed by atoms with van der Waals surface area (Å²) in [5, 5.41) is 11.1. The molecule has 2 rings (SSSR count). The normalized spacial score (nSPS) is 19.5. The summed E-state index contributed by atoms with van der Waals surface area (Å²) < 4.78 is 0. The smallest absolute Gasteiger partial charge is 0.315 e. The number of nitrogens with zero attached hydrogens (tertiary/aromatic N) is 3. The number of hydrogen-bond acceptors (Lipinski definition) is 5. The van der Waals surface area contributed by atoms with Crippen molar-refractivity contribution in [3.63, 3.8) is 0 Å². The van der Waals surface area contributed by atoms with Crippen LogP contribution in [0.4, 0.5) is 17.1 Å². The van der Waals surface area contributed by atoms with Gasteiger partial charge in [0.2, 0.25) is 0 Å². The highest BCUT2D eigenvalue weighted by Gasteiger charge is 2.29. The van der Waals surface area contributed by atoms with Gasteiger partial charge in [0.1, 0.15) is 11.4 Å². The highest BCUT2D eigenvalue weighted by molar-refractivity contribution is 5.75. The minimum Gasteiger partial charge on any atom is -0.393 e. The summed E-state index contributed by atoms with van der Waals surface area (Å²) in [5.41, 5.74) is 6.59. The Balaban J connectivity index is 2.30. The zero-order valence-corrected chi connectivity index (χ0v) is 10.7. The molecule has 1 atom stereocenters. The maximum absolute atomic E-state index is 11.1. The first kappa shape index (κ1) is 12.6. The first-order chi connectivity index (χ1) is 8.50. The summed E-state index contributed by atoms with van der Waals surface area (Å²) in [6.07, 6.45) is 1.01. The molecule has 1 saturated heterocycles. The summed E-state index contributed by atoms with van der Waals surface area (Å²) in [7, 11) is 4.06. The SMILES string of the molecule is CN(C)C1CCN(c2cccc(N)c2[N+](=O)[O-])C1. The highest BCUT2D eigenvalue weighted by atomic mass is 16.6. The minimum atomic E-state index is -0.395. The zero-order valence-electron chi connectivity index (χ0n) is 10.7. The molecule has 0 saturated carbocycles. The second kappa shape index (κ2) is 4.81. The average molecular weight is 250 g/mol. The molecule has 0 aliphatic carbocycles. The van der Waals surface area contributed by atoms with Gasteiger partial charge in [0.05, 0.1) is 4.92 Å². The van der Waals surface area contributed by atoms with Crippen LogP contribution in [-0.4, -0.2) is 43.0 Å². The Morgan fingerprint density at radius 2 is 2.22 bits per heavy atom. The lowest BCUT2D eigenvalue weighted by atomic mass is 10.2. The van der Waals surface area contributed by atoms with E-state index in [0.717, 1.165) is 19.5 Å². The van der Waals surface area contributed by atoms with Crippen LogP contribution < -0.4 is 10.6 Å². The fourth-order valence-corrected chi connectivity index (χ4v) is 2.38. The monoisotopic (exact) mass is 250 g/mol. The third-order valence-electron chi connectivity index (χ3n) is 3.46. The van der Waals surface area contributed by atoms with E-state index in [2.05, 4.69) is 4.90 Å². The molecule has 0 aromatic heterocycles. The number of hydrogen-bond donors (Lipinski definition) is 1. The molecule has 1 aliphatic heterocycles. The lowest BCUT2D eigenvalue weighted by molar-refractivity contribution is -0.383. The maximum atomic E-state index is 11.1. The molecular weight excluding hydrogens is 232 g/mol. The standard InChI is InChI=1S/C12H18N4O2/c1-14(2)9-6-7-15(8-9)11-5-3-4-10(13)12(11)16(17)18/h3-5,9H,6-8,13H2,1-2H3. The van der Waals surface area contributed by atoms with Crippen molar-refractivity contribution in [3.05, 3.63) is 28.3 Å². The first-order valence-corrected chi connectivity index (χ1v) is 5.95. The molecule has 1 aromatic carbocycles. The Kier molecular flexibility index (Phi) is 3.38. The Morgan fingerprint density at radius 1 is 1.50 bits per heavy atom. The summed E-state index contributed by atoms with van der Waals surface area (Å²) >= 11 is 0. The number of para-hydroxylation sites is 1. The molecule has 18 heavy (non-hydrogen) atoms. The molecule has 0 bridgehead atoms. The number of anilines is 2. The van der Waals surface area contributed by atoms with Crippen LogP contribution in [0.5, 0.6) is 0 Å². The lowest BCUT2D eigenvalue weighted by Crippen LogP contribution is -2.31. The summed E-state index contributed by atoms with van der Waals surface area (Å²) in [4.78, 5) is 14.9. The average Bonchev–Trinajstić information content (AvgIpc) is 2.77. The van der Waals surface area contributed by atoms with Crippen molar-refractivity contribution in [1.82, 2.24) is 4.90 Å². The number of nitrogen functional groups attached to an aromatic ring is 1. The van der Waals surface area contributed by atoms with Gasteiger partial charge in [-0.2, -0.15) is 0 Å². The molecule has 6 nitrogen and oxygen atoms in total. The van der Waals surface area contributed by atoms with Crippen LogP contribution in [0.3, 0.4) is 0 Å². The van der Waals surface area contributed by atoms with Crippen molar-refractivity contribution in [2.45, 2.75) is 12.5 Å². The van der Waals surface area contributed by atoms with Crippen molar-refractivity contribution in [2.75, 3.05) is 37.8 Å². The topological polar surface area (TPSA) is 75.6 Å². The molecular formula is C12H18N4O2. The molecule has 0 radical (unpaired) electrons. The Bertz CT molecular complexity index is 461. The van der Waals surface area contributed by atoms with E-state index in [9.17, 15) is 10.1 Å². The van der Waals surface area contributed by atoms with E-state index < -0.39 is 4.92 Å². The van der Waals surface area contributed by atoms with E-state index in [0.29, 0.717) is 11.7 Å². The fraction of sp³-hybridized carbons (Fsp3) is 0.500. The highest BCUT2D eigenvalue weighted by Crippen LogP contribution is 2.35. The Hall–Kier alpha value is -1.82. The van der Waals surface area contributed by atoms with Gasteiger partial charge in [0.15, 0.2) is 0 Å². The summed E-state index contributed by atoms with van der Waals surface area (Å²) in [6, 6.07) is 5.54. The largest absolute Gasteiger partial charge is 0.393 e. The van der Waals surface area contributed by atoms with Gasteiger partial charge in [-0.05, 0) is 32.6 Å². The van der Waals surface area contributed by atoms with Gasteiger partial charge in [-0.15, -0.1) is 0 Å².